The van der Waals surface area contributed by atoms with Gasteiger partial charge in [0.1, 0.15) is 6.29 Å². The zero-order valence-electron chi connectivity index (χ0n) is 8.79. The molecule has 0 N–H and O–H groups in total. The highest BCUT2D eigenvalue weighted by atomic mass is 16.1. The van der Waals surface area contributed by atoms with Crippen molar-refractivity contribution in [2.75, 3.05) is 0 Å². The molecule has 0 atom stereocenters. The molecule has 0 aromatic heterocycles. The minimum atomic E-state index is 0.621. The Hall–Kier alpha value is -1.37. The summed E-state index contributed by atoms with van der Waals surface area (Å²) in [6.45, 7) is 4.20. The third-order valence-electron chi connectivity index (χ3n) is 2.48. The van der Waals surface area contributed by atoms with Gasteiger partial charge in [0, 0.05) is 6.42 Å². The molecular weight excluding hydrogens is 172 g/mol. The minimum absolute atomic E-state index is 0.621. The quantitative estimate of drug-likeness (QED) is 0.661. The molecule has 1 nitrogen and oxygen atoms in total. The Bertz CT molecular complexity index is 322. The van der Waals surface area contributed by atoms with Gasteiger partial charge in [-0.05, 0) is 31.4 Å². The van der Waals surface area contributed by atoms with Gasteiger partial charge >= 0.3 is 0 Å². The van der Waals surface area contributed by atoms with Crippen LogP contribution >= 0.6 is 0 Å². The number of hydrogen-bond donors (Lipinski definition) is 0. The minimum Gasteiger partial charge on any atom is -0.303 e. The summed E-state index contributed by atoms with van der Waals surface area (Å²) in [7, 11) is 0. The molecule has 1 heteroatoms. The van der Waals surface area contributed by atoms with Gasteiger partial charge in [-0.3, -0.25) is 0 Å². The highest BCUT2D eigenvalue weighted by Crippen LogP contribution is 2.20. The first-order chi connectivity index (χ1) is 6.75. The molecular formula is C13H16O. The van der Waals surface area contributed by atoms with Crippen molar-refractivity contribution in [3.63, 3.8) is 0 Å². The lowest BCUT2D eigenvalue weighted by Gasteiger charge is -2.06. The molecule has 1 aromatic rings. The van der Waals surface area contributed by atoms with Crippen LogP contribution in [0.15, 0.2) is 35.9 Å². The first-order valence-corrected chi connectivity index (χ1v) is 4.91. The fraction of sp³-hybridized carbons (Fsp3) is 0.308. The van der Waals surface area contributed by atoms with E-state index in [0.29, 0.717) is 6.42 Å². The number of carbonyl (C=O) groups is 1. The number of benzene rings is 1. The summed E-state index contributed by atoms with van der Waals surface area (Å²) < 4.78 is 0. The highest BCUT2D eigenvalue weighted by molar-refractivity contribution is 5.67. The van der Waals surface area contributed by atoms with Crippen LogP contribution in [0.4, 0.5) is 0 Å². The molecule has 1 rings (SSSR count). The van der Waals surface area contributed by atoms with Gasteiger partial charge in [0.2, 0.25) is 0 Å². The van der Waals surface area contributed by atoms with Crippen molar-refractivity contribution in [1.82, 2.24) is 0 Å². The maximum Gasteiger partial charge on any atom is 0.120 e. The molecule has 0 amide bonds. The zero-order chi connectivity index (χ0) is 10.4. The van der Waals surface area contributed by atoms with Crippen LogP contribution in [0.2, 0.25) is 0 Å². The second kappa shape index (κ2) is 5.38. The number of aldehydes is 1. The summed E-state index contributed by atoms with van der Waals surface area (Å²) in [6, 6.07) is 10.3. The largest absolute Gasteiger partial charge is 0.303 e. The lowest BCUT2D eigenvalue weighted by atomic mass is 10.00. The molecule has 0 spiro atoms. The van der Waals surface area contributed by atoms with Gasteiger partial charge in [0.15, 0.2) is 0 Å². The van der Waals surface area contributed by atoms with Gasteiger partial charge in [-0.25, -0.2) is 0 Å². The van der Waals surface area contributed by atoms with Gasteiger partial charge < -0.3 is 4.79 Å². The third kappa shape index (κ3) is 2.84. The van der Waals surface area contributed by atoms with Crippen LogP contribution in [-0.4, -0.2) is 6.29 Å². The van der Waals surface area contributed by atoms with E-state index >= 15 is 0 Å². The van der Waals surface area contributed by atoms with Gasteiger partial charge in [-0.15, -0.1) is 0 Å². The first kappa shape index (κ1) is 10.7. The standard InChI is InChI=1S/C13H16O/c1-11(7-6-10-14)12(2)13-8-4-3-5-9-13/h3-5,8-10H,6-7H2,1-2H3/b12-11-. The van der Waals surface area contributed by atoms with Crippen molar-refractivity contribution in [2.45, 2.75) is 26.7 Å². The van der Waals surface area contributed by atoms with Gasteiger partial charge in [-0.1, -0.05) is 35.9 Å². The van der Waals surface area contributed by atoms with Crippen LogP contribution in [0.1, 0.15) is 32.3 Å². The predicted molar refractivity (Wildman–Crippen MR) is 60.0 cm³/mol. The normalized spacial score (nSPS) is 12.1. The van der Waals surface area contributed by atoms with Crippen LogP contribution in [0.5, 0.6) is 0 Å². The molecule has 0 radical (unpaired) electrons. The molecule has 0 aliphatic heterocycles. The van der Waals surface area contributed by atoms with Crippen molar-refractivity contribution in [3.05, 3.63) is 41.5 Å². The molecule has 74 valence electrons. The summed E-state index contributed by atoms with van der Waals surface area (Å²) in [5.41, 5.74) is 3.83. The lowest BCUT2D eigenvalue weighted by molar-refractivity contribution is -0.107. The molecule has 1 aromatic carbocycles. The topological polar surface area (TPSA) is 17.1 Å². The molecule has 0 unspecified atom stereocenters. The van der Waals surface area contributed by atoms with Gasteiger partial charge in [0.05, 0.1) is 0 Å². The van der Waals surface area contributed by atoms with Crippen LogP contribution in [-0.2, 0) is 4.79 Å². The Morgan fingerprint density at radius 1 is 1.21 bits per heavy atom. The van der Waals surface area contributed by atoms with E-state index in [9.17, 15) is 4.79 Å². The summed E-state index contributed by atoms with van der Waals surface area (Å²) in [4.78, 5) is 10.2. The lowest BCUT2D eigenvalue weighted by Crippen LogP contribution is -1.86. The SMILES string of the molecule is C/C(CCC=O)=C(\C)c1ccccc1. The van der Waals surface area contributed by atoms with E-state index in [2.05, 4.69) is 26.0 Å². The van der Waals surface area contributed by atoms with E-state index in [1.807, 2.05) is 18.2 Å². The van der Waals surface area contributed by atoms with Crippen molar-refractivity contribution in [2.24, 2.45) is 0 Å². The van der Waals surface area contributed by atoms with E-state index in [-0.39, 0.29) is 0 Å². The Labute approximate surface area is 85.5 Å². The first-order valence-electron chi connectivity index (χ1n) is 4.91. The Morgan fingerprint density at radius 2 is 1.86 bits per heavy atom. The zero-order valence-corrected chi connectivity index (χ0v) is 8.79. The maximum atomic E-state index is 10.2. The van der Waals surface area contributed by atoms with Crippen LogP contribution in [0, 0.1) is 0 Å². The smallest absolute Gasteiger partial charge is 0.120 e. The van der Waals surface area contributed by atoms with E-state index < -0.39 is 0 Å². The predicted octanol–water partition coefficient (Wildman–Crippen LogP) is 3.46. The Kier molecular flexibility index (Phi) is 4.11. The van der Waals surface area contributed by atoms with Crippen molar-refractivity contribution >= 4 is 11.9 Å². The van der Waals surface area contributed by atoms with Gasteiger partial charge in [-0.2, -0.15) is 0 Å². The van der Waals surface area contributed by atoms with Crippen LogP contribution < -0.4 is 0 Å². The fourth-order valence-electron chi connectivity index (χ4n) is 1.40. The van der Waals surface area contributed by atoms with Crippen molar-refractivity contribution < 1.29 is 4.79 Å². The van der Waals surface area contributed by atoms with E-state index in [1.165, 1.54) is 16.7 Å². The molecule has 0 aliphatic rings. The molecule has 14 heavy (non-hydrogen) atoms. The number of allylic oxidation sites excluding steroid dienone is 2. The summed E-state index contributed by atoms with van der Waals surface area (Å²) >= 11 is 0. The average molecular weight is 188 g/mol. The molecule has 0 heterocycles. The highest BCUT2D eigenvalue weighted by Gasteiger charge is 1.99. The summed E-state index contributed by atoms with van der Waals surface area (Å²) in [6.07, 6.45) is 2.46. The molecule has 0 saturated carbocycles. The maximum absolute atomic E-state index is 10.2. The summed E-state index contributed by atoms with van der Waals surface area (Å²) in [5.74, 6) is 0. The van der Waals surface area contributed by atoms with E-state index in [0.717, 1.165) is 12.7 Å². The summed E-state index contributed by atoms with van der Waals surface area (Å²) in [5, 5.41) is 0. The number of hydrogen-bond acceptors (Lipinski definition) is 1. The number of rotatable bonds is 4. The number of carbonyl (C=O) groups excluding carboxylic acids is 1. The average Bonchev–Trinajstić information content (AvgIpc) is 2.26. The second-order valence-electron chi connectivity index (χ2n) is 3.48. The van der Waals surface area contributed by atoms with Crippen LogP contribution in [0.3, 0.4) is 0 Å². The monoisotopic (exact) mass is 188 g/mol. The Balaban J connectivity index is 2.81. The van der Waals surface area contributed by atoms with Crippen LogP contribution in [0.25, 0.3) is 5.57 Å². The van der Waals surface area contributed by atoms with E-state index in [1.54, 1.807) is 0 Å². The van der Waals surface area contributed by atoms with E-state index in [4.69, 9.17) is 0 Å². The Morgan fingerprint density at radius 3 is 2.43 bits per heavy atom. The second-order valence-corrected chi connectivity index (χ2v) is 3.48. The van der Waals surface area contributed by atoms with Gasteiger partial charge in [0.25, 0.3) is 0 Å². The molecule has 0 bridgehead atoms. The third-order valence-corrected chi connectivity index (χ3v) is 2.48. The fourth-order valence-corrected chi connectivity index (χ4v) is 1.40. The van der Waals surface area contributed by atoms with Crippen molar-refractivity contribution in [3.8, 4) is 0 Å². The van der Waals surface area contributed by atoms with Crippen molar-refractivity contribution in [1.29, 1.82) is 0 Å². The molecule has 0 fully saturated rings. The molecule has 0 saturated heterocycles. The molecule has 0 aliphatic carbocycles.